The fraction of sp³-hybridized carbons (Fsp3) is 0.0833. The van der Waals surface area contributed by atoms with E-state index >= 15 is 0 Å². The number of halogens is 1. The van der Waals surface area contributed by atoms with E-state index < -0.39 is 11.8 Å². The number of hydrazine groups is 1. The maximum atomic E-state index is 11.8. The van der Waals surface area contributed by atoms with Crippen LogP contribution in [0.3, 0.4) is 0 Å². The minimum absolute atomic E-state index is 0.181. The minimum atomic E-state index is -0.549. The predicted octanol–water partition coefficient (Wildman–Crippen LogP) is 1.28. The van der Waals surface area contributed by atoms with Crippen LogP contribution in [0.4, 0.5) is 0 Å². The molecule has 0 aromatic carbocycles. The minimum Gasteiger partial charge on any atom is -0.319 e. The van der Waals surface area contributed by atoms with E-state index in [4.69, 9.17) is 0 Å². The molecule has 2 rings (SSSR count). The third-order valence-electron chi connectivity index (χ3n) is 2.45. The quantitative estimate of drug-likeness (QED) is 0.796. The van der Waals surface area contributed by atoms with Gasteiger partial charge in [0, 0.05) is 24.9 Å². The zero-order chi connectivity index (χ0) is 14.7. The summed E-state index contributed by atoms with van der Waals surface area (Å²) in [5.74, 6) is -0.968. The Kier molecular flexibility index (Phi) is 4.35. The number of aryl methyl sites for hydroxylation is 1. The smallest absolute Gasteiger partial charge is 0.279 e. The van der Waals surface area contributed by atoms with Crippen LogP contribution in [-0.4, -0.2) is 16.4 Å². The number of thiophene rings is 1. The number of rotatable bonds is 2. The van der Waals surface area contributed by atoms with Crippen LogP contribution in [0.25, 0.3) is 0 Å². The van der Waals surface area contributed by atoms with Gasteiger partial charge >= 0.3 is 0 Å². The first-order chi connectivity index (χ1) is 9.47. The molecule has 0 saturated carbocycles. The Balaban J connectivity index is 2.00. The van der Waals surface area contributed by atoms with Gasteiger partial charge in [-0.1, -0.05) is 0 Å². The van der Waals surface area contributed by atoms with Crippen LogP contribution in [0, 0.1) is 0 Å². The van der Waals surface area contributed by atoms with Crippen molar-refractivity contribution in [3.05, 3.63) is 55.0 Å². The first-order valence-corrected chi connectivity index (χ1v) is 7.11. The summed E-state index contributed by atoms with van der Waals surface area (Å²) in [7, 11) is 1.58. The summed E-state index contributed by atoms with van der Waals surface area (Å²) in [5, 5.41) is 0. The normalized spacial score (nSPS) is 10.1. The van der Waals surface area contributed by atoms with Gasteiger partial charge in [-0.3, -0.25) is 25.2 Å². The number of nitrogens with zero attached hydrogens (tertiary/aromatic N) is 1. The molecule has 0 atom stereocenters. The standard InChI is InChI=1S/C12H10BrN3O3S/c1-16-5-4-7(6-10(16)17)11(18)14-15-12(19)8-2-3-9(13)20-8/h2-6H,1H3,(H,14,18)(H,15,19). The van der Waals surface area contributed by atoms with Crippen LogP contribution >= 0.6 is 27.3 Å². The van der Waals surface area contributed by atoms with Crippen molar-refractivity contribution >= 4 is 39.1 Å². The maximum Gasteiger partial charge on any atom is 0.279 e. The summed E-state index contributed by atoms with van der Waals surface area (Å²) in [6, 6.07) is 6.06. The second-order valence-corrected chi connectivity index (χ2v) is 6.34. The number of hydrogen-bond acceptors (Lipinski definition) is 4. The van der Waals surface area contributed by atoms with Crippen LogP contribution < -0.4 is 16.4 Å². The molecule has 0 bridgehead atoms. The summed E-state index contributed by atoms with van der Waals surface area (Å²) in [6.45, 7) is 0. The van der Waals surface area contributed by atoms with E-state index in [9.17, 15) is 14.4 Å². The molecule has 104 valence electrons. The molecule has 0 aliphatic rings. The lowest BCUT2D eigenvalue weighted by Crippen LogP contribution is -2.41. The second-order valence-electron chi connectivity index (χ2n) is 3.88. The van der Waals surface area contributed by atoms with Crippen LogP contribution in [0.2, 0.25) is 0 Å². The van der Waals surface area contributed by atoms with Crippen molar-refractivity contribution in [1.82, 2.24) is 15.4 Å². The Morgan fingerprint density at radius 2 is 1.90 bits per heavy atom. The number of aromatic nitrogens is 1. The predicted molar refractivity (Wildman–Crippen MR) is 78.6 cm³/mol. The van der Waals surface area contributed by atoms with Crippen molar-refractivity contribution in [3.8, 4) is 0 Å². The first-order valence-electron chi connectivity index (χ1n) is 5.50. The highest BCUT2D eigenvalue weighted by molar-refractivity contribution is 9.11. The average Bonchev–Trinajstić information content (AvgIpc) is 2.85. The van der Waals surface area contributed by atoms with E-state index in [-0.39, 0.29) is 11.1 Å². The Morgan fingerprint density at radius 1 is 1.20 bits per heavy atom. The van der Waals surface area contributed by atoms with Crippen LogP contribution in [0.5, 0.6) is 0 Å². The molecule has 2 N–H and O–H groups in total. The molecule has 8 heteroatoms. The van der Waals surface area contributed by atoms with E-state index in [1.54, 1.807) is 19.2 Å². The monoisotopic (exact) mass is 355 g/mol. The van der Waals surface area contributed by atoms with Gasteiger partial charge in [0.15, 0.2) is 0 Å². The first kappa shape index (κ1) is 14.5. The van der Waals surface area contributed by atoms with Gasteiger partial charge in [0.05, 0.1) is 8.66 Å². The average molecular weight is 356 g/mol. The molecular formula is C12H10BrN3O3S. The highest BCUT2D eigenvalue weighted by Crippen LogP contribution is 2.21. The number of nitrogens with one attached hydrogen (secondary N) is 2. The summed E-state index contributed by atoms with van der Waals surface area (Å²) < 4.78 is 2.17. The zero-order valence-corrected chi connectivity index (χ0v) is 12.7. The summed E-state index contributed by atoms with van der Waals surface area (Å²) >= 11 is 4.49. The highest BCUT2D eigenvalue weighted by atomic mass is 79.9. The SMILES string of the molecule is Cn1ccc(C(=O)NNC(=O)c2ccc(Br)s2)cc1=O. The van der Waals surface area contributed by atoms with Crippen molar-refractivity contribution in [2.24, 2.45) is 7.05 Å². The van der Waals surface area contributed by atoms with Crippen molar-refractivity contribution in [2.45, 2.75) is 0 Å². The number of pyridine rings is 1. The van der Waals surface area contributed by atoms with E-state index in [2.05, 4.69) is 26.8 Å². The Bertz CT molecular complexity index is 723. The molecule has 0 spiro atoms. The number of carbonyl (C=O) groups is 2. The van der Waals surface area contributed by atoms with E-state index in [1.807, 2.05) is 0 Å². The fourth-order valence-electron chi connectivity index (χ4n) is 1.37. The molecule has 0 saturated heterocycles. The molecule has 2 aromatic heterocycles. The molecule has 2 heterocycles. The topological polar surface area (TPSA) is 80.2 Å². The van der Waals surface area contributed by atoms with E-state index in [0.717, 1.165) is 3.79 Å². The van der Waals surface area contributed by atoms with Crippen LogP contribution in [0.1, 0.15) is 20.0 Å². The largest absolute Gasteiger partial charge is 0.319 e. The lowest BCUT2D eigenvalue weighted by atomic mass is 10.2. The molecule has 2 amide bonds. The Labute approximate surface area is 126 Å². The van der Waals surface area contributed by atoms with E-state index in [0.29, 0.717) is 4.88 Å². The molecule has 0 radical (unpaired) electrons. The third-order valence-corrected chi connectivity index (χ3v) is 4.08. The highest BCUT2D eigenvalue weighted by Gasteiger charge is 2.11. The number of carbonyl (C=O) groups excluding carboxylic acids is 2. The molecule has 20 heavy (non-hydrogen) atoms. The second kappa shape index (κ2) is 6.02. The zero-order valence-electron chi connectivity index (χ0n) is 10.3. The third kappa shape index (κ3) is 3.34. The Morgan fingerprint density at radius 3 is 2.50 bits per heavy atom. The summed E-state index contributed by atoms with van der Waals surface area (Å²) in [5.41, 5.74) is 4.43. The summed E-state index contributed by atoms with van der Waals surface area (Å²) in [6.07, 6.45) is 1.48. The fourth-order valence-corrected chi connectivity index (χ4v) is 2.65. The van der Waals surface area contributed by atoms with E-state index in [1.165, 1.54) is 34.2 Å². The van der Waals surface area contributed by atoms with Crippen molar-refractivity contribution in [2.75, 3.05) is 0 Å². The van der Waals surface area contributed by atoms with Gasteiger partial charge in [0.1, 0.15) is 0 Å². The molecule has 0 unspecified atom stereocenters. The maximum absolute atomic E-state index is 11.8. The van der Waals surface area contributed by atoms with Gasteiger partial charge in [-0.05, 0) is 34.1 Å². The molecule has 2 aromatic rings. The molecule has 6 nitrogen and oxygen atoms in total. The van der Waals surface area contributed by atoms with Crippen LogP contribution in [-0.2, 0) is 7.05 Å². The van der Waals surface area contributed by atoms with Crippen molar-refractivity contribution in [3.63, 3.8) is 0 Å². The number of hydrogen-bond donors (Lipinski definition) is 2. The van der Waals surface area contributed by atoms with Gasteiger partial charge in [0.25, 0.3) is 17.4 Å². The van der Waals surface area contributed by atoms with Gasteiger partial charge in [-0.25, -0.2) is 0 Å². The van der Waals surface area contributed by atoms with Gasteiger partial charge < -0.3 is 4.57 Å². The molecule has 0 aliphatic heterocycles. The summed E-state index contributed by atoms with van der Waals surface area (Å²) in [4.78, 5) is 35.3. The Hall–Kier alpha value is -1.93. The molecule has 0 aliphatic carbocycles. The lowest BCUT2D eigenvalue weighted by molar-refractivity contribution is 0.0848. The van der Waals surface area contributed by atoms with Crippen molar-refractivity contribution < 1.29 is 9.59 Å². The molecular weight excluding hydrogens is 346 g/mol. The lowest BCUT2D eigenvalue weighted by Gasteiger charge is -2.06. The van der Waals surface area contributed by atoms with Gasteiger partial charge in [-0.2, -0.15) is 0 Å². The van der Waals surface area contributed by atoms with Gasteiger partial charge in [0.2, 0.25) is 0 Å². The van der Waals surface area contributed by atoms with Crippen molar-refractivity contribution in [1.29, 1.82) is 0 Å². The van der Waals surface area contributed by atoms with Gasteiger partial charge in [-0.15, -0.1) is 11.3 Å². The molecule has 0 fully saturated rings. The number of amides is 2. The van der Waals surface area contributed by atoms with Crippen LogP contribution in [0.15, 0.2) is 39.0 Å².